The van der Waals surface area contributed by atoms with Gasteiger partial charge in [-0.15, -0.1) is 0 Å². The third-order valence-electron chi connectivity index (χ3n) is 2.81. The van der Waals surface area contributed by atoms with Gasteiger partial charge in [0.1, 0.15) is 29.7 Å². The molecule has 3 nitrogen and oxygen atoms in total. The van der Waals surface area contributed by atoms with Crippen molar-refractivity contribution in [1.82, 2.24) is 0 Å². The number of hydrogen-bond acceptors (Lipinski definition) is 3. The highest BCUT2D eigenvalue weighted by Gasteiger charge is 2.06. The van der Waals surface area contributed by atoms with E-state index in [1.54, 1.807) is 18.2 Å². The normalized spacial score (nSPS) is 10.4. The molecule has 106 valence electrons. The molecule has 0 saturated heterocycles. The van der Waals surface area contributed by atoms with Crippen molar-refractivity contribution in [2.24, 2.45) is 5.73 Å². The van der Waals surface area contributed by atoms with Crippen LogP contribution in [0.1, 0.15) is 11.1 Å². The zero-order valence-electron chi connectivity index (χ0n) is 11.0. The predicted molar refractivity (Wildman–Crippen MR) is 71.6 cm³/mol. The first-order valence-corrected chi connectivity index (χ1v) is 6.07. The fourth-order valence-corrected chi connectivity index (χ4v) is 1.76. The molecule has 0 aliphatic rings. The van der Waals surface area contributed by atoms with Gasteiger partial charge in [-0.25, -0.2) is 8.78 Å². The number of nitrogens with two attached hydrogens (primary N) is 1. The van der Waals surface area contributed by atoms with E-state index < -0.39 is 11.6 Å². The van der Waals surface area contributed by atoms with Gasteiger partial charge in [0.2, 0.25) is 0 Å². The maximum atomic E-state index is 13.5. The van der Waals surface area contributed by atoms with E-state index in [4.69, 9.17) is 15.2 Å². The van der Waals surface area contributed by atoms with Gasteiger partial charge in [0, 0.05) is 18.2 Å². The quantitative estimate of drug-likeness (QED) is 0.915. The Balaban J connectivity index is 2.16. The lowest BCUT2D eigenvalue weighted by molar-refractivity contribution is 0.296. The van der Waals surface area contributed by atoms with Crippen LogP contribution in [-0.2, 0) is 13.2 Å². The van der Waals surface area contributed by atoms with E-state index in [2.05, 4.69) is 0 Å². The molecule has 20 heavy (non-hydrogen) atoms. The van der Waals surface area contributed by atoms with Gasteiger partial charge in [0.15, 0.2) is 0 Å². The highest BCUT2D eigenvalue weighted by molar-refractivity contribution is 5.38. The van der Waals surface area contributed by atoms with Crippen molar-refractivity contribution < 1.29 is 18.3 Å². The molecule has 0 aromatic heterocycles. The van der Waals surface area contributed by atoms with Crippen molar-refractivity contribution in [2.75, 3.05) is 7.11 Å². The number of halogens is 2. The average molecular weight is 279 g/mol. The summed E-state index contributed by atoms with van der Waals surface area (Å²) >= 11 is 0. The summed E-state index contributed by atoms with van der Waals surface area (Å²) in [5, 5.41) is 0. The van der Waals surface area contributed by atoms with Crippen LogP contribution in [-0.4, -0.2) is 7.11 Å². The number of methoxy groups -OCH3 is 1. The van der Waals surface area contributed by atoms with Crippen LogP contribution in [0, 0.1) is 11.6 Å². The molecule has 2 aromatic rings. The molecule has 0 bridgehead atoms. The fraction of sp³-hybridized carbons (Fsp3) is 0.200. The van der Waals surface area contributed by atoms with Gasteiger partial charge in [-0.2, -0.15) is 0 Å². The molecule has 0 fully saturated rings. The van der Waals surface area contributed by atoms with E-state index in [-0.39, 0.29) is 12.2 Å². The Bertz CT molecular complexity index is 580. The Labute approximate surface area is 115 Å². The van der Waals surface area contributed by atoms with E-state index in [1.807, 2.05) is 0 Å². The van der Waals surface area contributed by atoms with Crippen LogP contribution in [0.15, 0.2) is 36.4 Å². The number of rotatable bonds is 5. The highest BCUT2D eigenvalue weighted by atomic mass is 19.1. The molecule has 0 radical (unpaired) electrons. The van der Waals surface area contributed by atoms with Crippen molar-refractivity contribution in [1.29, 1.82) is 0 Å². The summed E-state index contributed by atoms with van der Waals surface area (Å²) in [6.45, 7) is 0.267. The second-order valence-electron chi connectivity index (χ2n) is 4.25. The van der Waals surface area contributed by atoms with Crippen LogP contribution in [0.4, 0.5) is 8.78 Å². The number of benzene rings is 2. The van der Waals surface area contributed by atoms with Gasteiger partial charge in [0.05, 0.1) is 7.11 Å². The largest absolute Gasteiger partial charge is 0.497 e. The molecule has 0 amide bonds. The minimum Gasteiger partial charge on any atom is -0.497 e. The summed E-state index contributed by atoms with van der Waals surface area (Å²) < 4.78 is 37.1. The SMILES string of the molecule is COc1cc(CN)cc(OCc2cc(F)ccc2F)c1. The van der Waals surface area contributed by atoms with E-state index in [0.717, 1.165) is 23.8 Å². The summed E-state index contributed by atoms with van der Waals surface area (Å²) in [6.07, 6.45) is 0. The third-order valence-corrected chi connectivity index (χ3v) is 2.81. The molecule has 0 unspecified atom stereocenters. The minimum absolute atomic E-state index is 0.0687. The summed E-state index contributed by atoms with van der Waals surface area (Å²) in [5.74, 6) is 0.0859. The lowest BCUT2D eigenvalue weighted by atomic mass is 10.2. The van der Waals surface area contributed by atoms with Gasteiger partial charge in [0.25, 0.3) is 0 Å². The second-order valence-corrected chi connectivity index (χ2v) is 4.25. The Morgan fingerprint density at radius 2 is 1.80 bits per heavy atom. The monoisotopic (exact) mass is 279 g/mol. The van der Waals surface area contributed by atoms with Crippen LogP contribution in [0.3, 0.4) is 0 Å². The van der Waals surface area contributed by atoms with Crippen LogP contribution in [0.2, 0.25) is 0 Å². The van der Waals surface area contributed by atoms with E-state index in [9.17, 15) is 8.78 Å². The molecule has 0 atom stereocenters. The Hall–Kier alpha value is -2.14. The molecular formula is C15H15F2NO2. The number of ether oxygens (including phenoxy) is 2. The number of hydrogen-bond donors (Lipinski definition) is 1. The first-order chi connectivity index (χ1) is 9.62. The smallest absolute Gasteiger partial charge is 0.130 e. The Morgan fingerprint density at radius 1 is 1.05 bits per heavy atom. The first kappa shape index (κ1) is 14.3. The standard InChI is InChI=1S/C15H15F2NO2/c1-19-13-4-10(8-18)5-14(7-13)20-9-11-6-12(16)2-3-15(11)17/h2-7H,8-9,18H2,1H3. The fourth-order valence-electron chi connectivity index (χ4n) is 1.76. The molecule has 0 aliphatic heterocycles. The molecular weight excluding hydrogens is 264 g/mol. The van der Waals surface area contributed by atoms with Gasteiger partial charge in [-0.05, 0) is 35.9 Å². The van der Waals surface area contributed by atoms with E-state index in [0.29, 0.717) is 18.0 Å². The molecule has 0 aliphatic carbocycles. The van der Waals surface area contributed by atoms with Crippen LogP contribution in [0.5, 0.6) is 11.5 Å². The predicted octanol–water partition coefficient (Wildman–Crippen LogP) is 3.01. The maximum absolute atomic E-state index is 13.5. The van der Waals surface area contributed by atoms with Crippen molar-refractivity contribution in [3.63, 3.8) is 0 Å². The van der Waals surface area contributed by atoms with Gasteiger partial charge in [-0.3, -0.25) is 0 Å². The second kappa shape index (κ2) is 6.34. The van der Waals surface area contributed by atoms with E-state index >= 15 is 0 Å². The lowest BCUT2D eigenvalue weighted by Crippen LogP contribution is -2.02. The molecule has 2 rings (SSSR count). The molecule has 5 heteroatoms. The van der Waals surface area contributed by atoms with Crippen molar-refractivity contribution in [3.05, 3.63) is 59.2 Å². The van der Waals surface area contributed by atoms with Gasteiger partial charge < -0.3 is 15.2 Å². The van der Waals surface area contributed by atoms with E-state index in [1.165, 1.54) is 7.11 Å². The molecule has 0 spiro atoms. The van der Waals surface area contributed by atoms with Crippen LogP contribution < -0.4 is 15.2 Å². The molecule has 0 saturated carbocycles. The van der Waals surface area contributed by atoms with Gasteiger partial charge >= 0.3 is 0 Å². The van der Waals surface area contributed by atoms with Gasteiger partial charge in [-0.1, -0.05) is 0 Å². The Kier molecular flexibility index (Phi) is 4.53. The summed E-state index contributed by atoms with van der Waals surface area (Å²) in [5.41, 5.74) is 6.56. The van der Waals surface area contributed by atoms with Crippen molar-refractivity contribution >= 4 is 0 Å². The summed E-state index contributed by atoms with van der Waals surface area (Å²) in [6, 6.07) is 8.44. The molecule has 0 heterocycles. The minimum atomic E-state index is -0.506. The molecule has 2 aromatic carbocycles. The summed E-state index contributed by atoms with van der Waals surface area (Å²) in [4.78, 5) is 0. The highest BCUT2D eigenvalue weighted by Crippen LogP contribution is 2.23. The zero-order chi connectivity index (χ0) is 14.5. The van der Waals surface area contributed by atoms with Crippen molar-refractivity contribution in [3.8, 4) is 11.5 Å². The zero-order valence-corrected chi connectivity index (χ0v) is 11.0. The van der Waals surface area contributed by atoms with Crippen LogP contribution >= 0.6 is 0 Å². The molecule has 2 N–H and O–H groups in total. The Morgan fingerprint density at radius 3 is 2.50 bits per heavy atom. The first-order valence-electron chi connectivity index (χ1n) is 6.07. The average Bonchev–Trinajstić information content (AvgIpc) is 2.47. The van der Waals surface area contributed by atoms with Crippen molar-refractivity contribution in [2.45, 2.75) is 13.2 Å². The van der Waals surface area contributed by atoms with Crippen LogP contribution in [0.25, 0.3) is 0 Å². The summed E-state index contributed by atoms with van der Waals surface area (Å²) in [7, 11) is 1.53. The third kappa shape index (κ3) is 3.45. The topological polar surface area (TPSA) is 44.5 Å². The lowest BCUT2D eigenvalue weighted by Gasteiger charge is -2.10. The maximum Gasteiger partial charge on any atom is 0.130 e.